The molecule has 4 rings (SSSR count). The van der Waals surface area contributed by atoms with Crippen LogP contribution in [0.2, 0.25) is 10.0 Å². The zero-order valence-electron chi connectivity index (χ0n) is 11.2. The molecule has 0 bridgehead atoms. The Hall–Kier alpha value is -2.37. The van der Waals surface area contributed by atoms with Crippen LogP contribution in [0.3, 0.4) is 0 Å². The van der Waals surface area contributed by atoms with Crippen LogP contribution < -0.4 is 0 Å². The fourth-order valence-electron chi connectivity index (χ4n) is 2.41. The van der Waals surface area contributed by atoms with Crippen LogP contribution in [0, 0.1) is 0 Å². The summed E-state index contributed by atoms with van der Waals surface area (Å²) in [5, 5.41) is 10.1. The minimum absolute atomic E-state index is 0.461. The number of benzene rings is 1. The van der Waals surface area contributed by atoms with Gasteiger partial charge in [0.15, 0.2) is 5.82 Å². The maximum atomic E-state index is 6.31. The van der Waals surface area contributed by atoms with E-state index in [4.69, 9.17) is 23.2 Å². The summed E-state index contributed by atoms with van der Waals surface area (Å²) in [4.78, 5) is 7.42. The number of aromatic amines is 1. The van der Waals surface area contributed by atoms with Crippen molar-refractivity contribution in [1.29, 1.82) is 0 Å². The van der Waals surface area contributed by atoms with Crippen molar-refractivity contribution >= 4 is 34.2 Å². The summed E-state index contributed by atoms with van der Waals surface area (Å²) < 4.78 is 1.81. The predicted octanol–water partition coefficient (Wildman–Crippen LogP) is 4.12. The van der Waals surface area contributed by atoms with Gasteiger partial charge in [-0.25, -0.2) is 4.98 Å². The number of aromatic nitrogens is 5. The van der Waals surface area contributed by atoms with Crippen molar-refractivity contribution in [3.05, 3.63) is 59.1 Å². The molecule has 0 atom stereocenters. The second kappa shape index (κ2) is 5.12. The molecule has 22 heavy (non-hydrogen) atoms. The lowest BCUT2D eigenvalue weighted by Crippen LogP contribution is -1.97. The van der Waals surface area contributed by atoms with Crippen LogP contribution in [-0.4, -0.2) is 24.7 Å². The van der Waals surface area contributed by atoms with Crippen molar-refractivity contribution in [1.82, 2.24) is 24.7 Å². The SMILES string of the molecule is Clc1cccc(-n2cnnc2-c2c[nH]c3ncccc23)c1Cl. The topological polar surface area (TPSA) is 59.4 Å². The van der Waals surface area contributed by atoms with Gasteiger partial charge in [-0.15, -0.1) is 10.2 Å². The maximum absolute atomic E-state index is 6.31. The van der Waals surface area contributed by atoms with Gasteiger partial charge in [0.25, 0.3) is 0 Å². The third-order valence-corrected chi connectivity index (χ3v) is 4.24. The van der Waals surface area contributed by atoms with E-state index in [2.05, 4.69) is 20.2 Å². The molecule has 0 aliphatic heterocycles. The van der Waals surface area contributed by atoms with Crippen LogP contribution >= 0.6 is 23.2 Å². The summed E-state index contributed by atoms with van der Waals surface area (Å²) in [5.74, 6) is 0.670. The molecule has 1 N–H and O–H groups in total. The number of pyridine rings is 1. The monoisotopic (exact) mass is 329 g/mol. The van der Waals surface area contributed by atoms with Gasteiger partial charge in [0.2, 0.25) is 0 Å². The lowest BCUT2D eigenvalue weighted by atomic mass is 10.2. The quantitative estimate of drug-likeness (QED) is 0.601. The van der Waals surface area contributed by atoms with Crippen LogP contribution in [0.1, 0.15) is 0 Å². The highest BCUT2D eigenvalue weighted by Gasteiger charge is 2.16. The Morgan fingerprint density at radius 1 is 1.09 bits per heavy atom. The molecule has 0 aliphatic carbocycles. The van der Waals surface area contributed by atoms with E-state index in [1.807, 2.05) is 35.0 Å². The first-order valence-electron chi connectivity index (χ1n) is 6.52. The standard InChI is InChI=1S/C15H9Cl2N5/c16-11-4-1-5-12(13(11)17)22-8-20-21-15(22)10-7-19-14-9(10)3-2-6-18-14/h1-8H,(H,18,19). The predicted molar refractivity (Wildman–Crippen MR) is 86.5 cm³/mol. The van der Waals surface area contributed by atoms with E-state index >= 15 is 0 Å². The molecule has 0 unspecified atom stereocenters. The average molecular weight is 330 g/mol. The highest BCUT2D eigenvalue weighted by Crippen LogP contribution is 2.32. The van der Waals surface area contributed by atoms with Crippen molar-refractivity contribution < 1.29 is 0 Å². The Kier molecular flexibility index (Phi) is 3.10. The average Bonchev–Trinajstić information content (AvgIpc) is 3.16. The van der Waals surface area contributed by atoms with Crippen LogP contribution in [0.25, 0.3) is 28.1 Å². The first kappa shape index (κ1) is 13.3. The van der Waals surface area contributed by atoms with Crippen molar-refractivity contribution in [3.63, 3.8) is 0 Å². The summed E-state index contributed by atoms with van der Waals surface area (Å²) in [6.45, 7) is 0. The molecule has 3 heterocycles. The molecule has 0 radical (unpaired) electrons. The van der Waals surface area contributed by atoms with Gasteiger partial charge >= 0.3 is 0 Å². The third-order valence-electron chi connectivity index (χ3n) is 3.43. The Morgan fingerprint density at radius 3 is 2.91 bits per heavy atom. The number of nitrogens with one attached hydrogen (secondary N) is 1. The molecule has 0 amide bonds. The molecule has 0 spiro atoms. The smallest absolute Gasteiger partial charge is 0.170 e. The van der Waals surface area contributed by atoms with Gasteiger partial charge in [-0.3, -0.25) is 4.57 Å². The minimum Gasteiger partial charge on any atom is -0.345 e. The van der Waals surface area contributed by atoms with Gasteiger partial charge in [0.05, 0.1) is 15.7 Å². The number of halogens is 2. The van der Waals surface area contributed by atoms with E-state index in [9.17, 15) is 0 Å². The van der Waals surface area contributed by atoms with Gasteiger partial charge in [-0.05, 0) is 24.3 Å². The first-order valence-corrected chi connectivity index (χ1v) is 7.28. The Labute approximate surface area is 135 Å². The van der Waals surface area contributed by atoms with Gasteiger partial charge in [-0.2, -0.15) is 0 Å². The molecule has 7 heteroatoms. The lowest BCUT2D eigenvalue weighted by molar-refractivity contribution is 1.06. The number of H-pyrrole nitrogens is 1. The zero-order chi connectivity index (χ0) is 15.1. The summed E-state index contributed by atoms with van der Waals surface area (Å²) in [6.07, 6.45) is 5.21. The normalized spacial score (nSPS) is 11.2. The van der Waals surface area contributed by atoms with Crippen molar-refractivity contribution in [3.8, 4) is 17.1 Å². The van der Waals surface area contributed by atoms with Gasteiger partial charge in [0.1, 0.15) is 12.0 Å². The molecule has 108 valence electrons. The molecule has 5 nitrogen and oxygen atoms in total. The molecule has 0 saturated heterocycles. The first-order chi connectivity index (χ1) is 10.8. The Bertz CT molecular complexity index is 973. The molecule has 1 aromatic carbocycles. The van der Waals surface area contributed by atoms with Gasteiger partial charge in [-0.1, -0.05) is 29.3 Å². The molecule has 4 aromatic rings. The fraction of sp³-hybridized carbons (Fsp3) is 0. The minimum atomic E-state index is 0.461. The fourth-order valence-corrected chi connectivity index (χ4v) is 2.80. The summed E-state index contributed by atoms with van der Waals surface area (Å²) in [7, 11) is 0. The highest BCUT2D eigenvalue weighted by atomic mass is 35.5. The van der Waals surface area contributed by atoms with Crippen LogP contribution in [0.15, 0.2) is 49.1 Å². The Morgan fingerprint density at radius 2 is 2.00 bits per heavy atom. The summed E-state index contributed by atoms with van der Waals surface area (Å²) in [6, 6.07) is 9.31. The van der Waals surface area contributed by atoms with Crippen molar-refractivity contribution in [2.45, 2.75) is 0 Å². The number of hydrogen-bond donors (Lipinski definition) is 1. The van der Waals surface area contributed by atoms with Crippen LogP contribution in [-0.2, 0) is 0 Å². The lowest BCUT2D eigenvalue weighted by Gasteiger charge is -2.09. The molecule has 3 aromatic heterocycles. The van der Waals surface area contributed by atoms with E-state index in [0.29, 0.717) is 15.9 Å². The van der Waals surface area contributed by atoms with Gasteiger partial charge < -0.3 is 4.98 Å². The van der Waals surface area contributed by atoms with E-state index in [1.54, 1.807) is 18.6 Å². The van der Waals surface area contributed by atoms with E-state index in [0.717, 1.165) is 22.3 Å². The molecule has 0 aliphatic rings. The van der Waals surface area contributed by atoms with Crippen LogP contribution in [0.5, 0.6) is 0 Å². The summed E-state index contributed by atoms with van der Waals surface area (Å²) in [5.41, 5.74) is 2.42. The van der Waals surface area contributed by atoms with E-state index in [-0.39, 0.29) is 0 Å². The van der Waals surface area contributed by atoms with Crippen LogP contribution in [0.4, 0.5) is 0 Å². The number of rotatable bonds is 2. The number of nitrogens with zero attached hydrogens (tertiary/aromatic N) is 4. The number of hydrogen-bond acceptors (Lipinski definition) is 3. The molecular formula is C15H9Cl2N5. The van der Waals surface area contributed by atoms with E-state index < -0.39 is 0 Å². The van der Waals surface area contributed by atoms with Crippen molar-refractivity contribution in [2.75, 3.05) is 0 Å². The second-order valence-corrected chi connectivity index (χ2v) is 5.48. The maximum Gasteiger partial charge on any atom is 0.170 e. The number of fused-ring (bicyclic) bond motifs is 1. The van der Waals surface area contributed by atoms with E-state index in [1.165, 1.54) is 0 Å². The molecular weight excluding hydrogens is 321 g/mol. The van der Waals surface area contributed by atoms with Crippen molar-refractivity contribution in [2.24, 2.45) is 0 Å². The third kappa shape index (κ3) is 1.98. The molecule has 0 fully saturated rings. The highest BCUT2D eigenvalue weighted by molar-refractivity contribution is 6.43. The largest absolute Gasteiger partial charge is 0.345 e. The molecule has 0 saturated carbocycles. The second-order valence-electron chi connectivity index (χ2n) is 4.70. The Balaban J connectivity index is 1.96. The van der Waals surface area contributed by atoms with Gasteiger partial charge in [0, 0.05) is 23.3 Å². The summed E-state index contributed by atoms with van der Waals surface area (Å²) >= 11 is 12.4. The zero-order valence-corrected chi connectivity index (χ0v) is 12.7.